The summed E-state index contributed by atoms with van der Waals surface area (Å²) in [4.78, 5) is 21.2. The molecule has 5 nitrogen and oxygen atoms in total. The summed E-state index contributed by atoms with van der Waals surface area (Å²) in [5.74, 6) is 0.901. The van der Waals surface area contributed by atoms with Crippen LogP contribution < -0.4 is 4.90 Å². The van der Waals surface area contributed by atoms with E-state index in [0.717, 1.165) is 42.9 Å². The van der Waals surface area contributed by atoms with Crippen LogP contribution in [0.5, 0.6) is 0 Å². The van der Waals surface area contributed by atoms with Gasteiger partial charge in [0.2, 0.25) is 0 Å². The second-order valence-corrected chi connectivity index (χ2v) is 8.35. The molecule has 0 radical (unpaired) electrons. The zero-order chi connectivity index (χ0) is 17.7. The number of rotatable bonds is 1. The van der Waals surface area contributed by atoms with Crippen LogP contribution in [0.1, 0.15) is 44.7 Å². The number of ether oxygens (including phenoxy) is 1. The predicted molar refractivity (Wildman–Crippen MR) is 95.8 cm³/mol. The largest absolute Gasteiger partial charge is 0.444 e. The molecule has 1 spiro atoms. The summed E-state index contributed by atoms with van der Waals surface area (Å²) in [5, 5.41) is 0.560. The van der Waals surface area contributed by atoms with Crippen molar-refractivity contribution in [3.63, 3.8) is 0 Å². The average Bonchev–Trinajstić information content (AvgIpc) is 3.21. The van der Waals surface area contributed by atoms with E-state index in [1.54, 1.807) is 0 Å². The number of carbonyl (C=O) groups is 1. The van der Waals surface area contributed by atoms with E-state index in [-0.39, 0.29) is 11.6 Å². The molecule has 1 aromatic heterocycles. The molecule has 6 heteroatoms. The minimum Gasteiger partial charge on any atom is -0.444 e. The van der Waals surface area contributed by atoms with Gasteiger partial charge in [0.25, 0.3) is 0 Å². The highest BCUT2D eigenvalue weighted by Gasteiger charge is 2.54. The van der Waals surface area contributed by atoms with E-state index < -0.39 is 5.60 Å². The molecule has 0 unspecified atom stereocenters. The molecule has 0 aromatic carbocycles. The van der Waals surface area contributed by atoms with Gasteiger partial charge in [-0.15, -0.1) is 0 Å². The number of aromatic nitrogens is 1. The van der Waals surface area contributed by atoms with Crippen molar-refractivity contribution < 1.29 is 9.53 Å². The number of hydrogen-bond acceptors (Lipinski definition) is 4. The van der Waals surface area contributed by atoms with E-state index in [2.05, 4.69) is 22.9 Å². The van der Waals surface area contributed by atoms with Crippen LogP contribution in [0, 0.1) is 13.8 Å². The molecule has 0 bridgehead atoms. The molecule has 1 aliphatic heterocycles. The summed E-state index contributed by atoms with van der Waals surface area (Å²) < 4.78 is 5.58. The topological polar surface area (TPSA) is 45.7 Å². The van der Waals surface area contributed by atoms with Crippen LogP contribution >= 0.6 is 11.6 Å². The van der Waals surface area contributed by atoms with Crippen LogP contribution in [0.4, 0.5) is 10.6 Å². The molecule has 1 amide bonds. The first-order chi connectivity index (χ1) is 11.1. The molecule has 1 aliphatic carbocycles. The van der Waals surface area contributed by atoms with Crippen LogP contribution in [-0.2, 0) is 4.74 Å². The number of carbonyl (C=O) groups excluding carboxylic acids is 1. The van der Waals surface area contributed by atoms with Crippen molar-refractivity contribution in [1.82, 2.24) is 9.88 Å². The highest BCUT2D eigenvalue weighted by molar-refractivity contribution is 6.30. The third kappa shape index (κ3) is 3.32. The van der Waals surface area contributed by atoms with E-state index in [4.69, 9.17) is 16.3 Å². The molecule has 2 heterocycles. The fourth-order valence-electron chi connectivity index (χ4n) is 3.19. The molecule has 0 N–H and O–H groups in total. The number of piperazine rings is 1. The first kappa shape index (κ1) is 17.3. The fourth-order valence-corrected chi connectivity index (χ4v) is 3.43. The second-order valence-electron chi connectivity index (χ2n) is 7.99. The molecule has 0 atom stereocenters. The van der Waals surface area contributed by atoms with Gasteiger partial charge in [-0.05, 0) is 64.7 Å². The summed E-state index contributed by atoms with van der Waals surface area (Å²) in [6, 6.07) is 2.08. The van der Waals surface area contributed by atoms with Gasteiger partial charge in [0.1, 0.15) is 16.6 Å². The van der Waals surface area contributed by atoms with Crippen molar-refractivity contribution in [3.8, 4) is 0 Å². The maximum atomic E-state index is 12.5. The van der Waals surface area contributed by atoms with Gasteiger partial charge < -0.3 is 9.64 Å². The van der Waals surface area contributed by atoms with Crippen molar-refractivity contribution in [2.45, 2.75) is 58.6 Å². The minimum atomic E-state index is -0.465. The average molecular weight is 352 g/mol. The van der Waals surface area contributed by atoms with E-state index >= 15 is 0 Å². The lowest BCUT2D eigenvalue weighted by molar-refractivity contribution is 0.0106. The third-order valence-electron chi connectivity index (χ3n) is 4.88. The standard InChI is InChI=1S/C18H26ClN3O2/c1-12-10-14(20-15(19)13(12)2)21-8-9-22(18(11-21)6-7-18)16(23)24-17(3,4)5/h10H,6-9,11H2,1-5H3. The van der Waals surface area contributed by atoms with E-state index in [1.165, 1.54) is 0 Å². The molecular formula is C18H26ClN3O2. The van der Waals surface area contributed by atoms with Crippen LogP contribution in [-0.4, -0.2) is 46.8 Å². The monoisotopic (exact) mass is 351 g/mol. The molecule has 2 aliphatic rings. The smallest absolute Gasteiger partial charge is 0.410 e. The maximum Gasteiger partial charge on any atom is 0.410 e. The Bertz CT molecular complexity index is 642. The summed E-state index contributed by atoms with van der Waals surface area (Å²) in [6.45, 7) is 11.9. The Morgan fingerprint density at radius 1 is 1.29 bits per heavy atom. The minimum absolute atomic E-state index is 0.104. The normalized spacial score (nSPS) is 19.6. The number of anilines is 1. The van der Waals surface area contributed by atoms with Crippen molar-refractivity contribution in [2.24, 2.45) is 0 Å². The molecule has 24 heavy (non-hydrogen) atoms. The van der Waals surface area contributed by atoms with Gasteiger partial charge in [-0.2, -0.15) is 0 Å². The van der Waals surface area contributed by atoms with Crippen molar-refractivity contribution in [2.75, 3.05) is 24.5 Å². The maximum absolute atomic E-state index is 12.5. The van der Waals surface area contributed by atoms with Gasteiger partial charge in [-0.3, -0.25) is 4.90 Å². The van der Waals surface area contributed by atoms with Gasteiger partial charge in [-0.25, -0.2) is 9.78 Å². The summed E-state index contributed by atoms with van der Waals surface area (Å²) in [5.41, 5.74) is 1.60. The zero-order valence-corrected chi connectivity index (χ0v) is 15.9. The van der Waals surface area contributed by atoms with Crippen LogP contribution in [0.15, 0.2) is 6.07 Å². The lowest BCUT2D eigenvalue weighted by Gasteiger charge is -2.43. The zero-order valence-electron chi connectivity index (χ0n) is 15.1. The SMILES string of the molecule is Cc1cc(N2CCN(C(=O)OC(C)(C)C)C3(CC3)C2)nc(Cl)c1C. The quantitative estimate of drug-likeness (QED) is 0.719. The van der Waals surface area contributed by atoms with Crippen molar-refractivity contribution in [3.05, 3.63) is 22.3 Å². The molecule has 1 aromatic rings. The fraction of sp³-hybridized carbons (Fsp3) is 0.667. The Balaban J connectivity index is 1.76. The van der Waals surface area contributed by atoms with Gasteiger partial charge in [-0.1, -0.05) is 11.6 Å². The Hall–Kier alpha value is -1.49. The molecule has 3 rings (SSSR count). The van der Waals surface area contributed by atoms with Gasteiger partial charge in [0.05, 0.1) is 5.54 Å². The van der Waals surface area contributed by atoms with Crippen LogP contribution in [0.3, 0.4) is 0 Å². The third-order valence-corrected chi connectivity index (χ3v) is 5.24. The van der Waals surface area contributed by atoms with Crippen molar-refractivity contribution >= 4 is 23.5 Å². The second kappa shape index (κ2) is 5.80. The van der Waals surface area contributed by atoms with Crippen LogP contribution in [0.2, 0.25) is 5.15 Å². The Kier molecular flexibility index (Phi) is 4.19. The number of hydrogen-bond donors (Lipinski definition) is 0. The van der Waals surface area contributed by atoms with Crippen LogP contribution in [0.25, 0.3) is 0 Å². The number of halogens is 1. The van der Waals surface area contributed by atoms with Crippen molar-refractivity contribution in [1.29, 1.82) is 0 Å². The molecule has 2 fully saturated rings. The lowest BCUT2D eigenvalue weighted by Crippen LogP contribution is -2.58. The summed E-state index contributed by atoms with van der Waals surface area (Å²) >= 11 is 6.25. The predicted octanol–water partition coefficient (Wildman–Crippen LogP) is 3.94. The Labute approximate surface area is 148 Å². The Morgan fingerprint density at radius 2 is 1.96 bits per heavy atom. The summed E-state index contributed by atoms with van der Waals surface area (Å²) in [7, 11) is 0. The van der Waals surface area contributed by atoms with E-state index in [9.17, 15) is 4.79 Å². The number of nitrogens with zero attached hydrogens (tertiary/aromatic N) is 3. The highest BCUT2D eigenvalue weighted by atomic mass is 35.5. The highest BCUT2D eigenvalue weighted by Crippen LogP contribution is 2.45. The van der Waals surface area contributed by atoms with Gasteiger partial charge >= 0.3 is 6.09 Å². The van der Waals surface area contributed by atoms with E-state index in [1.807, 2.05) is 32.6 Å². The lowest BCUT2D eigenvalue weighted by atomic mass is 10.1. The first-order valence-corrected chi connectivity index (χ1v) is 8.88. The number of pyridine rings is 1. The number of amides is 1. The first-order valence-electron chi connectivity index (χ1n) is 8.51. The van der Waals surface area contributed by atoms with E-state index in [0.29, 0.717) is 11.7 Å². The molecule has 1 saturated carbocycles. The Morgan fingerprint density at radius 3 is 2.50 bits per heavy atom. The molecular weight excluding hydrogens is 326 g/mol. The summed E-state index contributed by atoms with van der Waals surface area (Å²) in [6.07, 6.45) is 1.83. The molecule has 132 valence electrons. The molecule has 1 saturated heterocycles. The number of aryl methyl sites for hydroxylation is 1. The van der Waals surface area contributed by atoms with Gasteiger partial charge in [0, 0.05) is 19.6 Å². The van der Waals surface area contributed by atoms with Gasteiger partial charge in [0.15, 0.2) is 0 Å².